The maximum absolute atomic E-state index is 11.7. The predicted molar refractivity (Wildman–Crippen MR) is 88.0 cm³/mol. The third-order valence-corrected chi connectivity index (χ3v) is 3.61. The molecule has 1 rings (SSSR count). The molecule has 22 heavy (non-hydrogen) atoms. The fourth-order valence-electron chi connectivity index (χ4n) is 1.87. The Hall–Kier alpha value is -1.56. The molecule has 2 N–H and O–H groups in total. The van der Waals surface area contributed by atoms with Crippen LogP contribution in [-0.4, -0.2) is 29.6 Å². The highest BCUT2D eigenvalue weighted by atomic mass is 79.9. The number of carbonyl (C=O) groups excluding carboxylic acids is 1. The van der Waals surface area contributed by atoms with Gasteiger partial charge < -0.3 is 15.2 Å². The summed E-state index contributed by atoms with van der Waals surface area (Å²) < 4.78 is 6.58. The molecule has 122 valence electrons. The van der Waals surface area contributed by atoms with Gasteiger partial charge in [0.2, 0.25) is 5.91 Å². The summed E-state index contributed by atoms with van der Waals surface area (Å²) in [5.74, 6) is -0.0670. The number of carboxylic acid groups (broad SMARTS) is 1. The van der Waals surface area contributed by atoms with Gasteiger partial charge in [0.15, 0.2) is 0 Å². The van der Waals surface area contributed by atoms with Gasteiger partial charge in [-0.1, -0.05) is 15.9 Å². The standard InChI is InChI=1S/C16H22BrNO4/c1-12(5-10-16(20)21)18-15(19)4-2-3-11-22-14-8-6-13(17)7-9-14/h6-9,12H,2-5,10-11H2,1H3,(H,18,19)(H,20,21). The molecular formula is C16H22BrNO4. The monoisotopic (exact) mass is 371 g/mol. The summed E-state index contributed by atoms with van der Waals surface area (Å²) >= 11 is 3.36. The van der Waals surface area contributed by atoms with Gasteiger partial charge in [-0.05, 0) is 50.5 Å². The molecule has 0 aliphatic carbocycles. The van der Waals surface area contributed by atoms with Gasteiger partial charge in [0.25, 0.3) is 0 Å². The van der Waals surface area contributed by atoms with E-state index in [9.17, 15) is 9.59 Å². The molecule has 0 aromatic heterocycles. The molecular weight excluding hydrogens is 350 g/mol. The van der Waals surface area contributed by atoms with E-state index in [0.29, 0.717) is 19.4 Å². The SMILES string of the molecule is CC(CCC(=O)O)NC(=O)CCCCOc1ccc(Br)cc1. The number of ether oxygens (including phenoxy) is 1. The van der Waals surface area contributed by atoms with Gasteiger partial charge in [-0.15, -0.1) is 0 Å². The van der Waals surface area contributed by atoms with Crippen LogP contribution in [0.15, 0.2) is 28.7 Å². The number of unbranched alkanes of at least 4 members (excludes halogenated alkanes) is 1. The Morgan fingerprint density at radius 3 is 2.55 bits per heavy atom. The first-order valence-corrected chi connectivity index (χ1v) is 8.16. The molecule has 0 saturated heterocycles. The Bertz CT molecular complexity index is 476. The topological polar surface area (TPSA) is 75.6 Å². The van der Waals surface area contributed by atoms with Crippen molar-refractivity contribution in [3.8, 4) is 5.75 Å². The highest BCUT2D eigenvalue weighted by molar-refractivity contribution is 9.10. The molecule has 5 nitrogen and oxygen atoms in total. The fourth-order valence-corrected chi connectivity index (χ4v) is 2.13. The Morgan fingerprint density at radius 1 is 1.23 bits per heavy atom. The minimum atomic E-state index is -0.841. The molecule has 0 heterocycles. The van der Waals surface area contributed by atoms with E-state index in [1.165, 1.54) is 0 Å². The second-order valence-electron chi connectivity index (χ2n) is 5.16. The summed E-state index contributed by atoms with van der Waals surface area (Å²) in [6, 6.07) is 7.51. The Labute approximate surface area is 139 Å². The van der Waals surface area contributed by atoms with Crippen LogP contribution in [0.1, 0.15) is 39.0 Å². The molecule has 0 radical (unpaired) electrons. The maximum atomic E-state index is 11.7. The van der Waals surface area contributed by atoms with Gasteiger partial charge in [-0.25, -0.2) is 0 Å². The highest BCUT2D eigenvalue weighted by Crippen LogP contribution is 2.16. The third kappa shape index (κ3) is 8.67. The summed E-state index contributed by atoms with van der Waals surface area (Å²) in [6.07, 6.45) is 2.50. The Morgan fingerprint density at radius 2 is 1.91 bits per heavy atom. The number of halogens is 1. The van der Waals surface area contributed by atoms with Crippen molar-refractivity contribution in [3.05, 3.63) is 28.7 Å². The van der Waals surface area contributed by atoms with Crippen LogP contribution in [0.5, 0.6) is 5.75 Å². The number of hydrogen-bond acceptors (Lipinski definition) is 3. The van der Waals surface area contributed by atoms with Crippen LogP contribution in [0.2, 0.25) is 0 Å². The quantitative estimate of drug-likeness (QED) is 0.618. The molecule has 0 aliphatic rings. The third-order valence-electron chi connectivity index (χ3n) is 3.08. The Kier molecular flexibility index (Phi) is 8.58. The molecule has 1 aromatic carbocycles. The normalized spacial score (nSPS) is 11.7. The number of rotatable bonds is 10. The predicted octanol–water partition coefficient (Wildman–Crippen LogP) is 3.37. The average molecular weight is 372 g/mol. The number of benzene rings is 1. The van der Waals surface area contributed by atoms with Crippen LogP contribution in [0.25, 0.3) is 0 Å². The van der Waals surface area contributed by atoms with Crippen molar-refractivity contribution in [2.75, 3.05) is 6.61 Å². The van der Waals surface area contributed by atoms with Crippen molar-refractivity contribution < 1.29 is 19.4 Å². The van der Waals surface area contributed by atoms with Crippen LogP contribution in [-0.2, 0) is 9.59 Å². The first-order chi connectivity index (χ1) is 10.5. The molecule has 1 atom stereocenters. The summed E-state index contributed by atoms with van der Waals surface area (Å²) in [7, 11) is 0. The number of nitrogens with one attached hydrogen (secondary N) is 1. The molecule has 1 aromatic rings. The van der Waals surface area contributed by atoms with E-state index in [4.69, 9.17) is 9.84 Å². The van der Waals surface area contributed by atoms with Crippen molar-refractivity contribution in [2.45, 2.75) is 45.1 Å². The van der Waals surface area contributed by atoms with E-state index in [0.717, 1.165) is 23.1 Å². The van der Waals surface area contributed by atoms with Gasteiger partial charge >= 0.3 is 5.97 Å². The molecule has 1 amide bonds. The van der Waals surface area contributed by atoms with Gasteiger partial charge in [0, 0.05) is 23.4 Å². The second-order valence-corrected chi connectivity index (χ2v) is 6.08. The van der Waals surface area contributed by atoms with Gasteiger partial charge in [0.1, 0.15) is 5.75 Å². The van der Waals surface area contributed by atoms with Crippen molar-refractivity contribution in [1.82, 2.24) is 5.32 Å². The minimum Gasteiger partial charge on any atom is -0.494 e. The first-order valence-electron chi connectivity index (χ1n) is 7.37. The van der Waals surface area contributed by atoms with E-state index >= 15 is 0 Å². The smallest absolute Gasteiger partial charge is 0.303 e. The van der Waals surface area contributed by atoms with Crippen LogP contribution in [0.3, 0.4) is 0 Å². The van der Waals surface area contributed by atoms with E-state index in [1.807, 2.05) is 31.2 Å². The second kappa shape index (κ2) is 10.2. The van der Waals surface area contributed by atoms with Crippen LogP contribution < -0.4 is 10.1 Å². The van der Waals surface area contributed by atoms with Crippen molar-refractivity contribution >= 4 is 27.8 Å². The fraction of sp³-hybridized carbons (Fsp3) is 0.500. The molecule has 0 bridgehead atoms. The molecule has 6 heteroatoms. The van der Waals surface area contributed by atoms with E-state index in [-0.39, 0.29) is 18.4 Å². The minimum absolute atomic E-state index is 0.0402. The molecule has 0 aliphatic heterocycles. The first kappa shape index (κ1) is 18.5. The summed E-state index contributed by atoms with van der Waals surface area (Å²) in [4.78, 5) is 22.1. The summed E-state index contributed by atoms with van der Waals surface area (Å²) in [5.41, 5.74) is 0. The lowest BCUT2D eigenvalue weighted by atomic mass is 10.1. The maximum Gasteiger partial charge on any atom is 0.303 e. The number of carboxylic acids is 1. The number of amides is 1. The average Bonchev–Trinajstić information content (AvgIpc) is 2.46. The lowest BCUT2D eigenvalue weighted by Crippen LogP contribution is -2.32. The molecule has 1 unspecified atom stereocenters. The molecule has 0 saturated carbocycles. The van der Waals surface area contributed by atoms with Crippen LogP contribution in [0, 0.1) is 0 Å². The number of hydrogen-bond donors (Lipinski definition) is 2. The zero-order valence-corrected chi connectivity index (χ0v) is 14.3. The highest BCUT2D eigenvalue weighted by Gasteiger charge is 2.08. The van der Waals surface area contributed by atoms with Gasteiger partial charge in [-0.3, -0.25) is 9.59 Å². The van der Waals surface area contributed by atoms with Crippen LogP contribution >= 0.6 is 15.9 Å². The Balaban J connectivity index is 2.07. The van der Waals surface area contributed by atoms with Crippen LogP contribution in [0.4, 0.5) is 0 Å². The van der Waals surface area contributed by atoms with E-state index in [1.54, 1.807) is 0 Å². The van der Waals surface area contributed by atoms with Crippen molar-refractivity contribution in [3.63, 3.8) is 0 Å². The van der Waals surface area contributed by atoms with E-state index in [2.05, 4.69) is 21.2 Å². The lowest BCUT2D eigenvalue weighted by molar-refractivity contribution is -0.137. The number of carbonyl (C=O) groups is 2. The van der Waals surface area contributed by atoms with E-state index < -0.39 is 5.97 Å². The zero-order chi connectivity index (χ0) is 16.4. The largest absolute Gasteiger partial charge is 0.494 e. The molecule has 0 spiro atoms. The summed E-state index contributed by atoms with van der Waals surface area (Å²) in [5, 5.41) is 11.4. The summed E-state index contributed by atoms with van der Waals surface area (Å²) in [6.45, 7) is 2.39. The zero-order valence-electron chi connectivity index (χ0n) is 12.7. The lowest BCUT2D eigenvalue weighted by Gasteiger charge is -2.12. The van der Waals surface area contributed by atoms with Crippen molar-refractivity contribution in [2.24, 2.45) is 0 Å². The molecule has 0 fully saturated rings. The van der Waals surface area contributed by atoms with Gasteiger partial charge in [-0.2, -0.15) is 0 Å². The van der Waals surface area contributed by atoms with Crippen molar-refractivity contribution in [1.29, 1.82) is 0 Å². The number of aliphatic carboxylic acids is 1. The van der Waals surface area contributed by atoms with Gasteiger partial charge in [0.05, 0.1) is 6.61 Å².